The molecule has 0 unspecified atom stereocenters. The van der Waals surface area contributed by atoms with E-state index in [-0.39, 0.29) is 12.3 Å². The zero-order valence-electron chi connectivity index (χ0n) is 12.8. The fourth-order valence-electron chi connectivity index (χ4n) is 2.12. The highest BCUT2D eigenvalue weighted by molar-refractivity contribution is 6.31. The Bertz CT molecular complexity index is 686. The van der Waals surface area contributed by atoms with E-state index in [1.165, 1.54) is 0 Å². The fraction of sp³-hybridized carbons (Fsp3) is 0.235. The summed E-state index contributed by atoms with van der Waals surface area (Å²) in [5, 5.41) is 3.45. The lowest BCUT2D eigenvalue weighted by Gasteiger charge is -2.12. The molecule has 22 heavy (non-hydrogen) atoms. The minimum Gasteiger partial charge on any atom is -0.497 e. The predicted octanol–water partition coefficient (Wildman–Crippen LogP) is 3.85. The molecular weight excluding hydrogens is 302 g/mol. The van der Waals surface area contributed by atoms with E-state index in [9.17, 15) is 4.79 Å². The Kier molecular flexibility index (Phi) is 5.28. The molecule has 1 amide bonds. The second-order valence-corrected chi connectivity index (χ2v) is 5.30. The molecule has 0 atom stereocenters. The summed E-state index contributed by atoms with van der Waals surface area (Å²) in [6.45, 7) is 1.91. The van der Waals surface area contributed by atoms with Gasteiger partial charge in [0.2, 0.25) is 5.91 Å². The SMILES string of the molecule is COc1ccc(OC)c(CC(=O)Nc2cc(Cl)ccc2C)c1. The lowest BCUT2D eigenvalue weighted by molar-refractivity contribution is -0.115. The third-order valence-corrected chi connectivity index (χ3v) is 3.55. The normalized spacial score (nSPS) is 10.2. The van der Waals surface area contributed by atoms with Gasteiger partial charge in [-0.05, 0) is 42.8 Å². The Morgan fingerprint density at radius 1 is 1.14 bits per heavy atom. The smallest absolute Gasteiger partial charge is 0.228 e. The Labute approximate surface area is 135 Å². The third-order valence-electron chi connectivity index (χ3n) is 3.31. The lowest BCUT2D eigenvalue weighted by atomic mass is 10.1. The van der Waals surface area contributed by atoms with Gasteiger partial charge in [0.25, 0.3) is 0 Å². The summed E-state index contributed by atoms with van der Waals surface area (Å²) in [6.07, 6.45) is 0.187. The van der Waals surface area contributed by atoms with Crippen molar-refractivity contribution in [2.24, 2.45) is 0 Å². The second kappa shape index (κ2) is 7.18. The molecule has 0 saturated carbocycles. The molecule has 0 fully saturated rings. The lowest BCUT2D eigenvalue weighted by Crippen LogP contribution is -2.15. The van der Waals surface area contributed by atoms with Crippen LogP contribution >= 0.6 is 11.6 Å². The van der Waals surface area contributed by atoms with Crippen LogP contribution in [0.3, 0.4) is 0 Å². The van der Waals surface area contributed by atoms with Gasteiger partial charge in [0.1, 0.15) is 11.5 Å². The molecule has 0 spiro atoms. The van der Waals surface area contributed by atoms with Crippen LogP contribution in [0.2, 0.25) is 5.02 Å². The summed E-state index contributed by atoms with van der Waals surface area (Å²) < 4.78 is 10.5. The maximum absolute atomic E-state index is 12.3. The molecule has 5 heteroatoms. The van der Waals surface area contributed by atoms with Gasteiger partial charge in [-0.15, -0.1) is 0 Å². The number of methoxy groups -OCH3 is 2. The molecule has 0 aliphatic carbocycles. The van der Waals surface area contributed by atoms with Gasteiger partial charge in [-0.2, -0.15) is 0 Å². The van der Waals surface area contributed by atoms with Crippen molar-refractivity contribution in [1.29, 1.82) is 0 Å². The van der Waals surface area contributed by atoms with Crippen LogP contribution in [-0.2, 0) is 11.2 Å². The van der Waals surface area contributed by atoms with Gasteiger partial charge < -0.3 is 14.8 Å². The molecule has 0 radical (unpaired) electrons. The first kappa shape index (κ1) is 16.2. The maximum Gasteiger partial charge on any atom is 0.228 e. The van der Waals surface area contributed by atoms with Gasteiger partial charge in [-0.25, -0.2) is 0 Å². The van der Waals surface area contributed by atoms with Crippen LogP contribution in [0.4, 0.5) is 5.69 Å². The summed E-state index contributed by atoms with van der Waals surface area (Å²) in [5.74, 6) is 1.19. The van der Waals surface area contributed by atoms with Crippen LogP contribution < -0.4 is 14.8 Å². The van der Waals surface area contributed by atoms with Crippen molar-refractivity contribution in [3.8, 4) is 11.5 Å². The average molecular weight is 320 g/mol. The number of hydrogen-bond donors (Lipinski definition) is 1. The van der Waals surface area contributed by atoms with E-state index < -0.39 is 0 Å². The predicted molar refractivity (Wildman–Crippen MR) is 88.1 cm³/mol. The summed E-state index contributed by atoms with van der Waals surface area (Å²) in [6, 6.07) is 10.8. The monoisotopic (exact) mass is 319 g/mol. The maximum atomic E-state index is 12.3. The van der Waals surface area contributed by atoms with E-state index in [4.69, 9.17) is 21.1 Å². The molecule has 2 aromatic rings. The number of halogens is 1. The Morgan fingerprint density at radius 2 is 1.91 bits per heavy atom. The minimum atomic E-state index is -0.142. The number of carbonyl (C=O) groups excluding carboxylic acids is 1. The summed E-state index contributed by atoms with van der Waals surface area (Å²) in [7, 11) is 3.16. The number of ether oxygens (including phenoxy) is 2. The van der Waals surface area contributed by atoms with Crippen molar-refractivity contribution in [3.63, 3.8) is 0 Å². The molecule has 0 saturated heterocycles. The van der Waals surface area contributed by atoms with E-state index in [0.29, 0.717) is 22.2 Å². The third kappa shape index (κ3) is 3.92. The molecule has 4 nitrogen and oxygen atoms in total. The zero-order chi connectivity index (χ0) is 16.1. The topological polar surface area (TPSA) is 47.6 Å². The Balaban J connectivity index is 2.16. The molecular formula is C17H18ClNO3. The molecule has 2 rings (SSSR count). The molecule has 0 heterocycles. The van der Waals surface area contributed by atoms with E-state index >= 15 is 0 Å². The van der Waals surface area contributed by atoms with Gasteiger partial charge in [0.05, 0.1) is 20.6 Å². The van der Waals surface area contributed by atoms with Crippen LogP contribution in [0.25, 0.3) is 0 Å². The molecule has 0 aromatic heterocycles. The quantitative estimate of drug-likeness (QED) is 0.910. The number of hydrogen-bond acceptors (Lipinski definition) is 3. The summed E-state index contributed by atoms with van der Waals surface area (Å²) >= 11 is 5.96. The highest BCUT2D eigenvalue weighted by Gasteiger charge is 2.11. The van der Waals surface area contributed by atoms with Gasteiger partial charge >= 0.3 is 0 Å². The largest absolute Gasteiger partial charge is 0.497 e. The number of nitrogens with one attached hydrogen (secondary N) is 1. The zero-order valence-corrected chi connectivity index (χ0v) is 13.5. The molecule has 2 aromatic carbocycles. The number of carbonyl (C=O) groups is 1. The van der Waals surface area contributed by atoms with Crippen molar-refractivity contribution in [2.75, 3.05) is 19.5 Å². The van der Waals surface area contributed by atoms with Crippen LogP contribution in [0.15, 0.2) is 36.4 Å². The van der Waals surface area contributed by atoms with Crippen LogP contribution in [0.1, 0.15) is 11.1 Å². The molecule has 0 aliphatic rings. The van der Waals surface area contributed by atoms with E-state index in [1.54, 1.807) is 44.6 Å². The van der Waals surface area contributed by atoms with Gasteiger partial charge in [-0.1, -0.05) is 17.7 Å². The standard InChI is InChI=1S/C17H18ClNO3/c1-11-4-5-13(18)10-15(11)19-17(20)9-12-8-14(21-2)6-7-16(12)22-3/h4-8,10H,9H2,1-3H3,(H,19,20). The number of benzene rings is 2. The Hall–Kier alpha value is -2.20. The first-order valence-electron chi connectivity index (χ1n) is 6.80. The van der Waals surface area contributed by atoms with Crippen LogP contribution in [0, 0.1) is 6.92 Å². The van der Waals surface area contributed by atoms with Crippen molar-refractivity contribution in [3.05, 3.63) is 52.5 Å². The number of amides is 1. The van der Waals surface area contributed by atoms with Crippen molar-refractivity contribution in [1.82, 2.24) is 0 Å². The second-order valence-electron chi connectivity index (χ2n) is 4.86. The van der Waals surface area contributed by atoms with E-state index in [1.807, 2.05) is 13.0 Å². The highest BCUT2D eigenvalue weighted by atomic mass is 35.5. The van der Waals surface area contributed by atoms with Crippen molar-refractivity contribution >= 4 is 23.2 Å². The first-order chi connectivity index (χ1) is 10.5. The highest BCUT2D eigenvalue weighted by Crippen LogP contribution is 2.25. The molecule has 116 valence electrons. The van der Waals surface area contributed by atoms with Crippen molar-refractivity contribution < 1.29 is 14.3 Å². The number of aryl methyl sites for hydroxylation is 1. The number of rotatable bonds is 5. The van der Waals surface area contributed by atoms with Crippen molar-refractivity contribution in [2.45, 2.75) is 13.3 Å². The van der Waals surface area contributed by atoms with E-state index in [0.717, 1.165) is 11.1 Å². The average Bonchev–Trinajstić information content (AvgIpc) is 2.50. The first-order valence-corrected chi connectivity index (χ1v) is 7.18. The van der Waals surface area contributed by atoms with E-state index in [2.05, 4.69) is 5.32 Å². The van der Waals surface area contributed by atoms with Gasteiger partial charge in [0.15, 0.2) is 0 Å². The molecule has 1 N–H and O–H groups in total. The molecule has 0 aliphatic heterocycles. The minimum absolute atomic E-state index is 0.142. The number of anilines is 1. The van der Waals surface area contributed by atoms with Crippen LogP contribution in [-0.4, -0.2) is 20.1 Å². The van der Waals surface area contributed by atoms with Crippen LogP contribution in [0.5, 0.6) is 11.5 Å². The fourth-order valence-corrected chi connectivity index (χ4v) is 2.29. The Morgan fingerprint density at radius 3 is 2.59 bits per heavy atom. The van der Waals surface area contributed by atoms with Gasteiger partial charge in [0, 0.05) is 16.3 Å². The summed E-state index contributed by atoms with van der Waals surface area (Å²) in [4.78, 5) is 12.3. The summed E-state index contributed by atoms with van der Waals surface area (Å²) in [5.41, 5.74) is 2.42. The van der Waals surface area contributed by atoms with Gasteiger partial charge in [-0.3, -0.25) is 4.79 Å². The molecule has 0 bridgehead atoms.